The minimum Gasteiger partial charge on any atom is -0.465 e. The molecule has 1 aliphatic heterocycles. The van der Waals surface area contributed by atoms with E-state index in [-0.39, 0.29) is 5.91 Å². The molecule has 0 aromatic heterocycles. The molecule has 0 bridgehead atoms. The summed E-state index contributed by atoms with van der Waals surface area (Å²) < 4.78 is 4.85. The number of carbonyl (C=O) groups is 2. The summed E-state index contributed by atoms with van der Waals surface area (Å²) in [6, 6.07) is 7.75. The van der Waals surface area contributed by atoms with Gasteiger partial charge in [0.2, 0.25) is 0 Å². The SMILES string of the molecule is C=CCN1C(=O)/C(=C\c2ccc(N(C)C)cc2)C(C(=O)OC)=C1C. The van der Waals surface area contributed by atoms with E-state index in [1.165, 1.54) is 12.0 Å². The predicted molar refractivity (Wildman–Crippen MR) is 95.4 cm³/mol. The van der Waals surface area contributed by atoms with Crippen molar-refractivity contribution < 1.29 is 14.3 Å². The lowest BCUT2D eigenvalue weighted by molar-refractivity contribution is -0.136. The van der Waals surface area contributed by atoms with Crippen molar-refractivity contribution in [3.63, 3.8) is 0 Å². The number of benzene rings is 1. The number of methoxy groups -OCH3 is 1. The highest BCUT2D eigenvalue weighted by atomic mass is 16.5. The van der Waals surface area contributed by atoms with Crippen molar-refractivity contribution in [2.45, 2.75) is 6.92 Å². The number of hydrogen-bond acceptors (Lipinski definition) is 4. The van der Waals surface area contributed by atoms with E-state index in [4.69, 9.17) is 4.74 Å². The first kappa shape index (κ1) is 17.5. The molecule has 1 aromatic rings. The lowest BCUT2D eigenvalue weighted by Gasteiger charge is -2.14. The Hall–Kier alpha value is -2.82. The number of ether oxygens (including phenoxy) is 1. The Morgan fingerprint density at radius 1 is 1.29 bits per heavy atom. The van der Waals surface area contributed by atoms with E-state index < -0.39 is 5.97 Å². The summed E-state index contributed by atoms with van der Waals surface area (Å²) in [5.41, 5.74) is 3.14. The van der Waals surface area contributed by atoms with Crippen molar-refractivity contribution in [2.75, 3.05) is 32.6 Å². The summed E-state index contributed by atoms with van der Waals surface area (Å²) in [4.78, 5) is 28.3. The first-order valence-electron chi connectivity index (χ1n) is 7.62. The zero-order valence-corrected chi connectivity index (χ0v) is 14.5. The Morgan fingerprint density at radius 2 is 1.92 bits per heavy atom. The molecule has 0 fully saturated rings. The third kappa shape index (κ3) is 3.25. The van der Waals surface area contributed by atoms with Crippen molar-refractivity contribution >= 4 is 23.6 Å². The molecule has 0 N–H and O–H groups in total. The molecule has 0 aliphatic carbocycles. The van der Waals surface area contributed by atoms with Gasteiger partial charge in [0.05, 0.1) is 18.3 Å². The van der Waals surface area contributed by atoms with Crippen LogP contribution in [-0.2, 0) is 14.3 Å². The van der Waals surface area contributed by atoms with Crippen molar-refractivity contribution in [2.24, 2.45) is 0 Å². The Morgan fingerprint density at radius 3 is 2.42 bits per heavy atom. The van der Waals surface area contributed by atoms with Gasteiger partial charge in [0, 0.05) is 32.0 Å². The van der Waals surface area contributed by atoms with Crippen LogP contribution in [0.3, 0.4) is 0 Å². The van der Waals surface area contributed by atoms with Crippen LogP contribution in [0, 0.1) is 0 Å². The largest absolute Gasteiger partial charge is 0.465 e. The summed E-state index contributed by atoms with van der Waals surface area (Å²) in [6.07, 6.45) is 3.35. The molecule has 0 unspecified atom stereocenters. The predicted octanol–water partition coefficient (Wildman–Crippen LogP) is 2.61. The maximum absolute atomic E-state index is 12.7. The minimum atomic E-state index is -0.511. The zero-order valence-electron chi connectivity index (χ0n) is 14.5. The van der Waals surface area contributed by atoms with E-state index in [9.17, 15) is 9.59 Å². The molecule has 0 radical (unpaired) electrons. The van der Waals surface area contributed by atoms with Crippen LogP contribution in [0.1, 0.15) is 12.5 Å². The van der Waals surface area contributed by atoms with Crippen molar-refractivity contribution in [1.29, 1.82) is 0 Å². The number of amides is 1. The van der Waals surface area contributed by atoms with Crippen LogP contribution in [0.15, 0.2) is 53.8 Å². The topological polar surface area (TPSA) is 49.9 Å². The lowest BCUT2D eigenvalue weighted by Crippen LogP contribution is -2.24. The van der Waals surface area contributed by atoms with Crippen LogP contribution >= 0.6 is 0 Å². The molecule has 24 heavy (non-hydrogen) atoms. The van der Waals surface area contributed by atoms with Crippen LogP contribution in [0.2, 0.25) is 0 Å². The second kappa shape index (κ2) is 7.17. The van der Waals surface area contributed by atoms with Crippen molar-refractivity contribution in [1.82, 2.24) is 4.90 Å². The quantitative estimate of drug-likeness (QED) is 0.474. The maximum Gasteiger partial charge on any atom is 0.340 e. The summed E-state index contributed by atoms with van der Waals surface area (Å²) in [7, 11) is 5.23. The first-order valence-corrected chi connectivity index (χ1v) is 7.62. The molecule has 1 aliphatic rings. The number of allylic oxidation sites excluding steroid dienone is 1. The Labute approximate surface area is 142 Å². The highest BCUT2D eigenvalue weighted by Crippen LogP contribution is 2.31. The third-order valence-electron chi connectivity index (χ3n) is 3.93. The van der Waals surface area contributed by atoms with E-state index in [1.807, 2.05) is 43.3 Å². The average molecular weight is 326 g/mol. The zero-order chi connectivity index (χ0) is 17.9. The average Bonchev–Trinajstić information content (AvgIpc) is 2.79. The van der Waals surface area contributed by atoms with Gasteiger partial charge in [-0.2, -0.15) is 0 Å². The number of rotatable bonds is 5. The van der Waals surface area contributed by atoms with Crippen molar-refractivity contribution in [3.05, 3.63) is 59.3 Å². The smallest absolute Gasteiger partial charge is 0.340 e. The van der Waals surface area contributed by atoms with E-state index in [2.05, 4.69) is 6.58 Å². The summed E-state index contributed by atoms with van der Waals surface area (Å²) >= 11 is 0. The van der Waals surface area contributed by atoms with Gasteiger partial charge in [0.1, 0.15) is 0 Å². The van der Waals surface area contributed by atoms with Gasteiger partial charge in [-0.1, -0.05) is 18.2 Å². The van der Waals surface area contributed by atoms with Gasteiger partial charge in [0.25, 0.3) is 5.91 Å². The number of carbonyl (C=O) groups excluding carboxylic acids is 2. The molecule has 5 heteroatoms. The molecule has 1 amide bonds. The number of nitrogens with zero attached hydrogens (tertiary/aromatic N) is 2. The Bertz CT molecular complexity index is 727. The summed E-state index contributed by atoms with van der Waals surface area (Å²) in [6.45, 7) is 5.75. The molecule has 0 saturated heterocycles. The number of anilines is 1. The number of esters is 1. The standard InChI is InChI=1S/C19H22N2O3/c1-6-11-21-13(2)17(19(23)24-5)16(18(21)22)12-14-7-9-15(10-8-14)20(3)4/h6-10,12H,1,11H2,2-5H3/b16-12-. The van der Waals surface area contributed by atoms with Gasteiger partial charge in [-0.15, -0.1) is 6.58 Å². The molecule has 126 valence electrons. The third-order valence-corrected chi connectivity index (χ3v) is 3.93. The fourth-order valence-electron chi connectivity index (χ4n) is 2.61. The Balaban J connectivity index is 2.47. The van der Waals surface area contributed by atoms with E-state index in [1.54, 1.807) is 19.1 Å². The Kier molecular flexibility index (Phi) is 5.24. The molecular weight excluding hydrogens is 304 g/mol. The van der Waals surface area contributed by atoms with Crippen LogP contribution in [0.25, 0.3) is 6.08 Å². The number of hydrogen-bond donors (Lipinski definition) is 0. The van der Waals surface area contributed by atoms with Crippen LogP contribution < -0.4 is 4.90 Å². The highest BCUT2D eigenvalue weighted by molar-refractivity contribution is 6.16. The van der Waals surface area contributed by atoms with Gasteiger partial charge < -0.3 is 14.5 Å². The molecule has 0 atom stereocenters. The molecular formula is C19H22N2O3. The summed E-state index contributed by atoms with van der Waals surface area (Å²) in [5, 5.41) is 0. The van der Waals surface area contributed by atoms with Gasteiger partial charge in [-0.05, 0) is 30.7 Å². The molecule has 0 saturated carbocycles. The fraction of sp³-hybridized carbons (Fsp3) is 0.263. The maximum atomic E-state index is 12.7. The minimum absolute atomic E-state index is 0.218. The van der Waals surface area contributed by atoms with Gasteiger partial charge in [-0.25, -0.2) is 4.79 Å². The van der Waals surface area contributed by atoms with E-state index >= 15 is 0 Å². The molecule has 2 rings (SSSR count). The van der Waals surface area contributed by atoms with E-state index in [0.29, 0.717) is 23.4 Å². The van der Waals surface area contributed by atoms with Crippen LogP contribution in [0.4, 0.5) is 5.69 Å². The molecule has 1 heterocycles. The van der Waals surface area contributed by atoms with Crippen LogP contribution in [-0.4, -0.2) is 44.5 Å². The van der Waals surface area contributed by atoms with Gasteiger partial charge in [-0.3, -0.25) is 4.79 Å². The monoisotopic (exact) mass is 326 g/mol. The second-order valence-electron chi connectivity index (χ2n) is 5.70. The summed E-state index contributed by atoms with van der Waals surface area (Å²) in [5.74, 6) is -0.729. The molecule has 5 nitrogen and oxygen atoms in total. The van der Waals surface area contributed by atoms with Crippen molar-refractivity contribution in [3.8, 4) is 0 Å². The van der Waals surface area contributed by atoms with Gasteiger partial charge in [0.15, 0.2) is 0 Å². The van der Waals surface area contributed by atoms with E-state index in [0.717, 1.165) is 11.3 Å². The fourth-order valence-corrected chi connectivity index (χ4v) is 2.61. The van der Waals surface area contributed by atoms with Crippen LogP contribution in [0.5, 0.6) is 0 Å². The lowest BCUT2D eigenvalue weighted by atomic mass is 10.0. The second-order valence-corrected chi connectivity index (χ2v) is 5.70. The van der Waals surface area contributed by atoms with Gasteiger partial charge >= 0.3 is 5.97 Å². The molecule has 1 aromatic carbocycles. The molecule has 0 spiro atoms. The first-order chi connectivity index (χ1) is 11.4. The highest BCUT2D eigenvalue weighted by Gasteiger charge is 2.36. The normalized spacial score (nSPS) is 15.9.